The second kappa shape index (κ2) is 5.12. The molecule has 0 radical (unpaired) electrons. The van der Waals surface area contributed by atoms with Crippen LogP contribution in [0.1, 0.15) is 25.0 Å². The largest absolute Gasteiger partial charge is 0.353 e. The van der Waals surface area contributed by atoms with Crippen molar-refractivity contribution in [2.45, 2.75) is 38.4 Å². The number of nitrogens with zero attached hydrogens (tertiary/aromatic N) is 2. The third-order valence-corrected chi connectivity index (χ3v) is 2.58. The fourth-order valence-electron chi connectivity index (χ4n) is 1.56. The molecular formula is C11H18N4O. The van der Waals surface area contributed by atoms with Crippen molar-refractivity contribution in [1.82, 2.24) is 20.2 Å². The van der Waals surface area contributed by atoms with Crippen LogP contribution in [0.4, 0.5) is 0 Å². The maximum Gasteiger partial charge on any atom is 0.222 e. The van der Waals surface area contributed by atoms with E-state index in [1.807, 2.05) is 17.8 Å². The summed E-state index contributed by atoms with van der Waals surface area (Å²) in [6.45, 7) is 1.47. The van der Waals surface area contributed by atoms with E-state index in [0.29, 0.717) is 19.0 Å². The van der Waals surface area contributed by atoms with Gasteiger partial charge in [0.25, 0.3) is 0 Å². The molecule has 1 aliphatic rings. The molecule has 0 aromatic carbocycles. The minimum Gasteiger partial charge on any atom is -0.353 e. The summed E-state index contributed by atoms with van der Waals surface area (Å²) in [5.41, 5.74) is 1.00. The molecule has 0 saturated heterocycles. The minimum absolute atomic E-state index is 0.145. The first kappa shape index (κ1) is 11.1. The Morgan fingerprint density at radius 3 is 3.12 bits per heavy atom. The Labute approximate surface area is 95.2 Å². The van der Waals surface area contributed by atoms with E-state index in [9.17, 15) is 4.79 Å². The quantitative estimate of drug-likeness (QED) is 0.726. The van der Waals surface area contributed by atoms with Gasteiger partial charge in [0.05, 0.1) is 12.0 Å². The third-order valence-electron chi connectivity index (χ3n) is 2.58. The predicted molar refractivity (Wildman–Crippen MR) is 60.8 cm³/mol. The molecule has 5 heteroatoms. The standard InChI is InChI=1S/C11H18N4O/c1-12-6-10-7-15(8-13-10)5-4-11(16)14-9-2-3-9/h7-9,12H,2-6H2,1H3,(H,14,16). The number of hydrogen-bond acceptors (Lipinski definition) is 3. The Hall–Kier alpha value is -1.36. The van der Waals surface area contributed by atoms with Crippen molar-refractivity contribution in [3.63, 3.8) is 0 Å². The molecule has 1 aliphatic carbocycles. The van der Waals surface area contributed by atoms with Crippen molar-refractivity contribution in [3.05, 3.63) is 18.2 Å². The molecule has 1 amide bonds. The molecule has 1 aromatic heterocycles. The Morgan fingerprint density at radius 1 is 1.62 bits per heavy atom. The van der Waals surface area contributed by atoms with Gasteiger partial charge < -0.3 is 15.2 Å². The van der Waals surface area contributed by atoms with Crippen LogP contribution in [-0.4, -0.2) is 28.5 Å². The van der Waals surface area contributed by atoms with E-state index in [0.717, 1.165) is 25.1 Å². The van der Waals surface area contributed by atoms with Crippen molar-refractivity contribution in [3.8, 4) is 0 Å². The minimum atomic E-state index is 0.145. The number of aromatic nitrogens is 2. The molecule has 0 spiro atoms. The van der Waals surface area contributed by atoms with E-state index >= 15 is 0 Å². The number of rotatable bonds is 6. The lowest BCUT2D eigenvalue weighted by atomic mass is 10.4. The summed E-state index contributed by atoms with van der Waals surface area (Å²) in [7, 11) is 1.89. The Morgan fingerprint density at radius 2 is 2.44 bits per heavy atom. The van der Waals surface area contributed by atoms with Gasteiger partial charge in [-0.2, -0.15) is 0 Å². The van der Waals surface area contributed by atoms with E-state index < -0.39 is 0 Å². The molecule has 0 atom stereocenters. The normalized spacial score (nSPS) is 15.1. The number of amides is 1. The van der Waals surface area contributed by atoms with Crippen LogP contribution < -0.4 is 10.6 Å². The van der Waals surface area contributed by atoms with Gasteiger partial charge in [0.1, 0.15) is 0 Å². The van der Waals surface area contributed by atoms with Crippen molar-refractivity contribution < 1.29 is 4.79 Å². The molecule has 1 aromatic rings. The molecule has 0 unspecified atom stereocenters. The van der Waals surface area contributed by atoms with Crippen molar-refractivity contribution in [2.75, 3.05) is 7.05 Å². The average molecular weight is 222 g/mol. The summed E-state index contributed by atoms with van der Waals surface area (Å²) in [6, 6.07) is 0.454. The highest BCUT2D eigenvalue weighted by molar-refractivity contribution is 5.76. The summed E-state index contributed by atoms with van der Waals surface area (Å²) in [5.74, 6) is 0.145. The fraction of sp³-hybridized carbons (Fsp3) is 0.636. The summed E-state index contributed by atoms with van der Waals surface area (Å²) >= 11 is 0. The summed E-state index contributed by atoms with van der Waals surface area (Å²) in [4.78, 5) is 15.7. The number of imidazole rings is 1. The summed E-state index contributed by atoms with van der Waals surface area (Å²) < 4.78 is 1.96. The van der Waals surface area contributed by atoms with Gasteiger partial charge in [0.2, 0.25) is 5.91 Å². The number of nitrogens with one attached hydrogen (secondary N) is 2. The van der Waals surface area contributed by atoms with Crippen LogP contribution in [0.5, 0.6) is 0 Å². The second-order valence-electron chi connectivity index (χ2n) is 4.22. The predicted octanol–water partition coefficient (Wildman–Crippen LogP) is 0.271. The van der Waals surface area contributed by atoms with Gasteiger partial charge in [0, 0.05) is 31.7 Å². The zero-order valence-corrected chi connectivity index (χ0v) is 9.57. The van der Waals surface area contributed by atoms with Crippen LogP contribution >= 0.6 is 0 Å². The number of aryl methyl sites for hydroxylation is 1. The summed E-state index contributed by atoms with van der Waals surface area (Å²) in [6.07, 6.45) is 6.57. The van der Waals surface area contributed by atoms with Gasteiger partial charge in [-0.3, -0.25) is 4.79 Å². The lowest BCUT2D eigenvalue weighted by molar-refractivity contribution is -0.121. The topological polar surface area (TPSA) is 59.0 Å². The average Bonchev–Trinajstić information content (AvgIpc) is 2.95. The van der Waals surface area contributed by atoms with Crippen LogP contribution in [0, 0.1) is 0 Å². The van der Waals surface area contributed by atoms with E-state index in [1.54, 1.807) is 6.33 Å². The van der Waals surface area contributed by atoms with Crippen LogP contribution in [0.2, 0.25) is 0 Å². The first-order valence-electron chi connectivity index (χ1n) is 5.72. The zero-order chi connectivity index (χ0) is 11.4. The molecule has 1 heterocycles. The molecule has 2 N–H and O–H groups in total. The van der Waals surface area contributed by atoms with Gasteiger partial charge in [-0.1, -0.05) is 0 Å². The maximum atomic E-state index is 11.4. The Balaban J connectivity index is 1.72. The molecule has 1 saturated carbocycles. The van der Waals surface area contributed by atoms with Crippen LogP contribution in [0.25, 0.3) is 0 Å². The number of hydrogen-bond donors (Lipinski definition) is 2. The van der Waals surface area contributed by atoms with Gasteiger partial charge in [-0.25, -0.2) is 4.98 Å². The van der Waals surface area contributed by atoms with E-state index in [1.165, 1.54) is 0 Å². The summed E-state index contributed by atoms with van der Waals surface area (Å²) in [5, 5.41) is 6.01. The zero-order valence-electron chi connectivity index (χ0n) is 9.57. The fourth-order valence-corrected chi connectivity index (χ4v) is 1.56. The molecule has 2 rings (SSSR count). The smallest absolute Gasteiger partial charge is 0.222 e. The van der Waals surface area contributed by atoms with Gasteiger partial charge in [0.15, 0.2) is 0 Å². The highest BCUT2D eigenvalue weighted by Gasteiger charge is 2.22. The first-order chi connectivity index (χ1) is 7.78. The molecule has 0 aliphatic heterocycles. The number of carbonyl (C=O) groups is 1. The van der Waals surface area contributed by atoms with Crippen LogP contribution in [-0.2, 0) is 17.9 Å². The first-order valence-corrected chi connectivity index (χ1v) is 5.72. The lowest BCUT2D eigenvalue weighted by Crippen LogP contribution is -2.26. The van der Waals surface area contributed by atoms with Gasteiger partial charge >= 0.3 is 0 Å². The van der Waals surface area contributed by atoms with Gasteiger partial charge in [-0.15, -0.1) is 0 Å². The van der Waals surface area contributed by atoms with E-state index in [4.69, 9.17) is 0 Å². The van der Waals surface area contributed by atoms with Gasteiger partial charge in [-0.05, 0) is 19.9 Å². The van der Waals surface area contributed by atoms with E-state index in [-0.39, 0.29) is 5.91 Å². The van der Waals surface area contributed by atoms with Crippen molar-refractivity contribution >= 4 is 5.91 Å². The molecule has 16 heavy (non-hydrogen) atoms. The number of carbonyl (C=O) groups excluding carboxylic acids is 1. The molecule has 5 nitrogen and oxygen atoms in total. The highest BCUT2D eigenvalue weighted by Crippen LogP contribution is 2.18. The van der Waals surface area contributed by atoms with Crippen LogP contribution in [0.3, 0.4) is 0 Å². The second-order valence-corrected chi connectivity index (χ2v) is 4.22. The van der Waals surface area contributed by atoms with Crippen molar-refractivity contribution in [2.24, 2.45) is 0 Å². The maximum absolute atomic E-state index is 11.4. The van der Waals surface area contributed by atoms with Crippen molar-refractivity contribution in [1.29, 1.82) is 0 Å². The molecular weight excluding hydrogens is 204 g/mol. The SMILES string of the molecule is CNCc1cn(CCC(=O)NC2CC2)cn1. The Kier molecular flexibility index (Phi) is 3.56. The lowest BCUT2D eigenvalue weighted by Gasteiger charge is -2.03. The molecule has 88 valence electrons. The monoisotopic (exact) mass is 222 g/mol. The van der Waals surface area contributed by atoms with E-state index in [2.05, 4.69) is 15.6 Å². The van der Waals surface area contributed by atoms with Crippen LogP contribution in [0.15, 0.2) is 12.5 Å². The molecule has 1 fully saturated rings. The third kappa shape index (κ3) is 3.34. The molecule has 0 bridgehead atoms. The Bertz CT molecular complexity index is 357. The highest BCUT2D eigenvalue weighted by atomic mass is 16.1.